The van der Waals surface area contributed by atoms with Crippen molar-refractivity contribution in [2.24, 2.45) is 11.7 Å². The number of hydrogen-bond acceptors (Lipinski definition) is 6. The average molecular weight is 437 g/mol. The van der Waals surface area contributed by atoms with Crippen molar-refractivity contribution < 1.29 is 29.4 Å². The van der Waals surface area contributed by atoms with Crippen LogP contribution in [0.25, 0.3) is 0 Å². The van der Waals surface area contributed by atoms with E-state index in [-0.39, 0.29) is 18.1 Å². The molecule has 3 amide bonds. The van der Waals surface area contributed by atoms with Gasteiger partial charge in [-0.3, -0.25) is 19.2 Å². The van der Waals surface area contributed by atoms with Gasteiger partial charge in [0.15, 0.2) is 0 Å². The van der Waals surface area contributed by atoms with Crippen molar-refractivity contribution in [1.29, 1.82) is 0 Å². The standard InChI is InChI=1S/C21H32N4O6/c1-11(2)9-17(20(29)24-13(4)21(30)31)25-18(27)12(3)23-19(28)16(22)10-14-5-7-15(26)8-6-14/h5-8,11-13,16-17,26H,9-10,22H2,1-4H3,(H,23,28)(H,24,29)(H,25,27)(H,30,31). The molecule has 0 saturated carbocycles. The first kappa shape index (κ1) is 25.9. The number of hydrogen-bond donors (Lipinski definition) is 6. The molecule has 0 spiro atoms. The summed E-state index contributed by atoms with van der Waals surface area (Å²) < 4.78 is 0. The predicted molar refractivity (Wildman–Crippen MR) is 114 cm³/mol. The predicted octanol–water partition coefficient (Wildman–Crippen LogP) is -0.113. The van der Waals surface area contributed by atoms with Crippen LogP contribution in [-0.2, 0) is 25.6 Å². The number of carboxylic acids is 1. The highest BCUT2D eigenvalue weighted by molar-refractivity contribution is 5.93. The molecule has 0 aliphatic carbocycles. The van der Waals surface area contributed by atoms with Gasteiger partial charge in [0, 0.05) is 0 Å². The lowest BCUT2D eigenvalue weighted by molar-refractivity contribution is -0.141. The van der Waals surface area contributed by atoms with Crippen LogP contribution in [0.15, 0.2) is 24.3 Å². The Kier molecular flexibility index (Phi) is 9.94. The van der Waals surface area contributed by atoms with Gasteiger partial charge in [-0.05, 0) is 50.3 Å². The largest absolute Gasteiger partial charge is 0.508 e. The number of rotatable bonds is 11. The highest BCUT2D eigenvalue weighted by atomic mass is 16.4. The van der Waals surface area contributed by atoms with Crippen molar-refractivity contribution in [3.8, 4) is 5.75 Å². The lowest BCUT2D eigenvalue weighted by atomic mass is 10.0. The third kappa shape index (κ3) is 9.04. The second kappa shape index (κ2) is 11.9. The first-order valence-corrected chi connectivity index (χ1v) is 10.1. The SMILES string of the molecule is CC(C)CC(NC(=O)C(C)NC(=O)C(N)Cc1ccc(O)cc1)C(=O)NC(C)C(=O)O. The summed E-state index contributed by atoms with van der Waals surface area (Å²) in [6, 6.07) is 2.34. The van der Waals surface area contributed by atoms with Crippen LogP contribution in [0.4, 0.5) is 0 Å². The number of carbonyl (C=O) groups excluding carboxylic acids is 3. The van der Waals surface area contributed by atoms with Gasteiger partial charge in [-0.25, -0.2) is 0 Å². The van der Waals surface area contributed by atoms with E-state index in [0.717, 1.165) is 5.56 Å². The summed E-state index contributed by atoms with van der Waals surface area (Å²) in [5.41, 5.74) is 6.66. The van der Waals surface area contributed by atoms with Gasteiger partial charge in [0.1, 0.15) is 23.9 Å². The van der Waals surface area contributed by atoms with E-state index in [4.69, 9.17) is 10.8 Å². The Labute approximate surface area is 181 Å². The number of carboxylic acid groups (broad SMARTS) is 1. The number of carbonyl (C=O) groups is 4. The van der Waals surface area contributed by atoms with Crippen LogP contribution in [-0.4, -0.2) is 58.1 Å². The quantitative estimate of drug-likeness (QED) is 0.281. The number of benzene rings is 1. The van der Waals surface area contributed by atoms with E-state index >= 15 is 0 Å². The van der Waals surface area contributed by atoms with Gasteiger partial charge in [-0.2, -0.15) is 0 Å². The zero-order valence-electron chi connectivity index (χ0n) is 18.2. The molecule has 4 unspecified atom stereocenters. The molecular formula is C21H32N4O6. The highest BCUT2D eigenvalue weighted by Crippen LogP contribution is 2.11. The lowest BCUT2D eigenvalue weighted by Crippen LogP contribution is -2.56. The smallest absolute Gasteiger partial charge is 0.325 e. The molecule has 0 radical (unpaired) electrons. The topological polar surface area (TPSA) is 171 Å². The molecule has 0 fully saturated rings. The van der Waals surface area contributed by atoms with Gasteiger partial charge in [0.25, 0.3) is 0 Å². The molecule has 1 aromatic carbocycles. The van der Waals surface area contributed by atoms with Gasteiger partial charge >= 0.3 is 5.97 Å². The van der Waals surface area contributed by atoms with E-state index in [9.17, 15) is 24.3 Å². The highest BCUT2D eigenvalue weighted by Gasteiger charge is 2.28. The summed E-state index contributed by atoms with van der Waals surface area (Å²) in [7, 11) is 0. The Balaban J connectivity index is 2.68. The Morgan fingerprint density at radius 1 is 0.871 bits per heavy atom. The minimum atomic E-state index is -1.19. The Morgan fingerprint density at radius 2 is 1.42 bits per heavy atom. The van der Waals surface area contributed by atoms with Crippen molar-refractivity contribution in [2.45, 2.75) is 64.7 Å². The summed E-state index contributed by atoms with van der Waals surface area (Å²) >= 11 is 0. The van der Waals surface area contributed by atoms with E-state index in [0.29, 0.717) is 6.42 Å². The first-order chi connectivity index (χ1) is 14.4. The lowest BCUT2D eigenvalue weighted by Gasteiger charge is -2.24. The van der Waals surface area contributed by atoms with Crippen LogP contribution in [0.2, 0.25) is 0 Å². The molecule has 0 aliphatic heterocycles. The fourth-order valence-electron chi connectivity index (χ4n) is 2.74. The molecule has 172 valence electrons. The van der Waals surface area contributed by atoms with Gasteiger partial charge in [0.05, 0.1) is 6.04 Å². The molecule has 7 N–H and O–H groups in total. The number of nitrogens with one attached hydrogen (secondary N) is 3. The van der Waals surface area contributed by atoms with Crippen molar-refractivity contribution >= 4 is 23.7 Å². The molecule has 1 rings (SSSR count). The molecule has 1 aromatic rings. The number of aromatic hydroxyl groups is 1. The minimum absolute atomic E-state index is 0.0554. The van der Waals surface area contributed by atoms with Crippen molar-refractivity contribution in [2.75, 3.05) is 0 Å². The third-order valence-corrected chi connectivity index (χ3v) is 4.55. The van der Waals surface area contributed by atoms with E-state index < -0.39 is 47.9 Å². The molecule has 0 aromatic heterocycles. The summed E-state index contributed by atoms with van der Waals surface area (Å²) in [5, 5.41) is 25.7. The Bertz CT molecular complexity index is 781. The number of aliphatic carboxylic acids is 1. The molecule has 0 bridgehead atoms. The molecule has 0 aliphatic rings. The second-order valence-corrected chi connectivity index (χ2v) is 7.97. The van der Waals surface area contributed by atoms with Gasteiger partial charge < -0.3 is 31.9 Å². The fraction of sp³-hybridized carbons (Fsp3) is 0.524. The molecule has 31 heavy (non-hydrogen) atoms. The summed E-state index contributed by atoms with van der Waals surface area (Å²) in [4.78, 5) is 48.2. The summed E-state index contributed by atoms with van der Waals surface area (Å²) in [6.45, 7) is 6.51. The molecular weight excluding hydrogens is 404 g/mol. The van der Waals surface area contributed by atoms with Crippen LogP contribution in [0.3, 0.4) is 0 Å². The molecule has 10 heteroatoms. The van der Waals surface area contributed by atoms with Gasteiger partial charge in [-0.15, -0.1) is 0 Å². The van der Waals surface area contributed by atoms with Gasteiger partial charge in [-0.1, -0.05) is 26.0 Å². The van der Waals surface area contributed by atoms with Crippen molar-refractivity contribution in [3.05, 3.63) is 29.8 Å². The maximum atomic E-state index is 12.5. The van der Waals surface area contributed by atoms with E-state index in [2.05, 4.69) is 16.0 Å². The number of phenols is 1. The normalized spacial score (nSPS) is 14.8. The second-order valence-electron chi connectivity index (χ2n) is 7.97. The van der Waals surface area contributed by atoms with Crippen molar-refractivity contribution in [1.82, 2.24) is 16.0 Å². The number of amides is 3. The minimum Gasteiger partial charge on any atom is -0.508 e. The van der Waals surface area contributed by atoms with E-state index in [1.54, 1.807) is 12.1 Å². The summed E-state index contributed by atoms with van der Waals surface area (Å²) in [5.74, 6) is -2.77. The van der Waals surface area contributed by atoms with Crippen LogP contribution >= 0.6 is 0 Å². The third-order valence-electron chi connectivity index (χ3n) is 4.55. The van der Waals surface area contributed by atoms with Crippen LogP contribution < -0.4 is 21.7 Å². The average Bonchev–Trinajstić information content (AvgIpc) is 2.68. The monoisotopic (exact) mass is 436 g/mol. The van der Waals surface area contributed by atoms with E-state index in [1.165, 1.54) is 26.0 Å². The van der Waals surface area contributed by atoms with Crippen LogP contribution in [0.1, 0.15) is 39.7 Å². The zero-order valence-corrected chi connectivity index (χ0v) is 18.2. The Morgan fingerprint density at radius 3 is 1.94 bits per heavy atom. The molecule has 4 atom stereocenters. The fourth-order valence-corrected chi connectivity index (χ4v) is 2.74. The van der Waals surface area contributed by atoms with Gasteiger partial charge in [0.2, 0.25) is 17.7 Å². The molecule has 0 heterocycles. The Hall–Kier alpha value is -3.14. The van der Waals surface area contributed by atoms with E-state index in [1.807, 2.05) is 13.8 Å². The maximum Gasteiger partial charge on any atom is 0.325 e. The maximum absolute atomic E-state index is 12.5. The first-order valence-electron chi connectivity index (χ1n) is 10.1. The number of nitrogens with two attached hydrogens (primary N) is 1. The zero-order chi connectivity index (χ0) is 23.7. The van der Waals surface area contributed by atoms with Crippen LogP contribution in [0.5, 0.6) is 5.75 Å². The molecule has 0 saturated heterocycles. The number of phenolic OH excluding ortho intramolecular Hbond substituents is 1. The van der Waals surface area contributed by atoms with Crippen molar-refractivity contribution in [3.63, 3.8) is 0 Å². The molecule has 10 nitrogen and oxygen atoms in total. The summed E-state index contributed by atoms with van der Waals surface area (Å²) in [6.07, 6.45) is 0.511. The van der Waals surface area contributed by atoms with Crippen LogP contribution in [0, 0.1) is 5.92 Å².